The molecule has 2 aliphatic rings. The maximum Gasteiger partial charge on any atom is 0.123 e. The van der Waals surface area contributed by atoms with Crippen molar-refractivity contribution in [1.29, 1.82) is 0 Å². The number of aliphatic hydroxyl groups is 1. The normalized spacial score (nSPS) is 23.6. The van der Waals surface area contributed by atoms with Gasteiger partial charge in [-0.05, 0) is 48.7 Å². The van der Waals surface area contributed by atoms with Crippen molar-refractivity contribution in [2.45, 2.75) is 38.0 Å². The Bertz CT molecular complexity index is 723. The zero-order valence-corrected chi connectivity index (χ0v) is 15.2. The molecule has 1 aromatic carbocycles. The summed E-state index contributed by atoms with van der Waals surface area (Å²) >= 11 is 0. The lowest BCUT2D eigenvalue weighted by Gasteiger charge is -2.40. The number of allylic oxidation sites excluding steroid dienone is 5. The summed E-state index contributed by atoms with van der Waals surface area (Å²) in [4.78, 5) is 2.12. The van der Waals surface area contributed by atoms with Gasteiger partial charge >= 0.3 is 0 Å². The van der Waals surface area contributed by atoms with Crippen LogP contribution in [0.1, 0.15) is 31.4 Å². The minimum atomic E-state index is -0.655. The summed E-state index contributed by atoms with van der Waals surface area (Å²) in [6.45, 7) is 3.41. The van der Waals surface area contributed by atoms with E-state index in [1.807, 2.05) is 18.3 Å². The third kappa shape index (κ3) is 4.51. The third-order valence-corrected chi connectivity index (χ3v) is 4.72. The van der Waals surface area contributed by atoms with Gasteiger partial charge in [-0.15, -0.1) is 0 Å². The minimum absolute atomic E-state index is 0.0362. The van der Waals surface area contributed by atoms with Gasteiger partial charge in [0.15, 0.2) is 0 Å². The Balaban J connectivity index is 1.91. The standard InChI is InChI=1S/C22H27FN2O/c1-2-12-24-16-21(26)22(18-8-6-9-19(23)15-18)25-13-11-17-7-4-3-5-10-20(25)14-17/h4-11,13-15,20-22,24,26H,2-3,12,16H2,1H3/b7-4-,10-5-/t20?,21-,22?/m1/s1. The Hall–Kier alpha value is -2.17. The van der Waals surface area contributed by atoms with E-state index in [1.54, 1.807) is 6.07 Å². The molecule has 0 fully saturated rings. The Kier molecular flexibility index (Phi) is 6.42. The first-order valence-electron chi connectivity index (χ1n) is 9.34. The van der Waals surface area contributed by atoms with Crippen LogP contribution in [-0.4, -0.2) is 35.2 Å². The molecule has 3 rings (SSSR count). The fourth-order valence-corrected chi connectivity index (χ4v) is 3.48. The highest BCUT2D eigenvalue weighted by molar-refractivity contribution is 5.39. The second-order valence-corrected chi connectivity index (χ2v) is 6.76. The average Bonchev–Trinajstić information content (AvgIpc) is 2.61. The van der Waals surface area contributed by atoms with Crippen LogP contribution < -0.4 is 5.32 Å². The zero-order chi connectivity index (χ0) is 18.4. The van der Waals surface area contributed by atoms with Gasteiger partial charge in [-0.1, -0.05) is 49.4 Å². The van der Waals surface area contributed by atoms with Gasteiger partial charge in [0.1, 0.15) is 5.82 Å². The first kappa shape index (κ1) is 18.6. The van der Waals surface area contributed by atoms with Crippen molar-refractivity contribution in [2.75, 3.05) is 13.1 Å². The van der Waals surface area contributed by atoms with E-state index in [0.29, 0.717) is 6.54 Å². The van der Waals surface area contributed by atoms with Crippen LogP contribution in [0.25, 0.3) is 0 Å². The third-order valence-electron chi connectivity index (χ3n) is 4.72. The second-order valence-electron chi connectivity index (χ2n) is 6.76. The summed E-state index contributed by atoms with van der Waals surface area (Å²) in [7, 11) is 0. The van der Waals surface area contributed by atoms with E-state index in [0.717, 1.165) is 30.5 Å². The molecule has 0 amide bonds. The molecule has 138 valence electrons. The highest BCUT2D eigenvalue weighted by atomic mass is 19.1. The predicted octanol–water partition coefficient (Wildman–Crippen LogP) is 3.87. The molecule has 1 heterocycles. The molecule has 26 heavy (non-hydrogen) atoms. The van der Waals surface area contributed by atoms with Gasteiger partial charge in [0.2, 0.25) is 0 Å². The summed E-state index contributed by atoms with van der Waals surface area (Å²) in [5.41, 5.74) is 1.94. The van der Waals surface area contributed by atoms with Crippen LogP contribution in [0.3, 0.4) is 0 Å². The number of nitrogens with one attached hydrogen (secondary N) is 1. The van der Waals surface area contributed by atoms with Crippen LogP contribution >= 0.6 is 0 Å². The van der Waals surface area contributed by atoms with E-state index in [2.05, 4.69) is 47.5 Å². The van der Waals surface area contributed by atoms with Gasteiger partial charge in [-0.3, -0.25) is 0 Å². The van der Waals surface area contributed by atoms with Crippen molar-refractivity contribution in [1.82, 2.24) is 10.2 Å². The van der Waals surface area contributed by atoms with Crippen LogP contribution in [0, 0.1) is 5.82 Å². The molecule has 3 atom stereocenters. The molecule has 1 aromatic rings. The van der Waals surface area contributed by atoms with Gasteiger partial charge in [0, 0.05) is 12.7 Å². The van der Waals surface area contributed by atoms with E-state index in [1.165, 1.54) is 12.1 Å². The molecule has 0 saturated carbocycles. The van der Waals surface area contributed by atoms with E-state index < -0.39 is 6.10 Å². The van der Waals surface area contributed by atoms with E-state index in [-0.39, 0.29) is 17.9 Å². The van der Waals surface area contributed by atoms with Crippen molar-refractivity contribution in [3.8, 4) is 0 Å². The van der Waals surface area contributed by atoms with Gasteiger partial charge < -0.3 is 15.3 Å². The largest absolute Gasteiger partial charge is 0.389 e. The lowest BCUT2D eigenvalue weighted by atomic mass is 9.94. The molecular formula is C22H27FN2O. The summed E-state index contributed by atoms with van der Waals surface area (Å²) in [5, 5.41) is 14.2. The van der Waals surface area contributed by atoms with Crippen molar-refractivity contribution in [2.24, 2.45) is 0 Å². The number of rotatable bonds is 7. The van der Waals surface area contributed by atoms with Crippen LogP contribution in [0.15, 0.2) is 72.5 Å². The lowest BCUT2D eigenvalue weighted by Crippen LogP contribution is -2.43. The fourth-order valence-electron chi connectivity index (χ4n) is 3.48. The van der Waals surface area contributed by atoms with Crippen LogP contribution in [0.2, 0.25) is 0 Å². The Morgan fingerprint density at radius 2 is 2.19 bits per heavy atom. The maximum absolute atomic E-state index is 13.9. The van der Waals surface area contributed by atoms with E-state index in [9.17, 15) is 9.50 Å². The molecule has 2 N–H and O–H groups in total. The molecular weight excluding hydrogens is 327 g/mol. The molecule has 2 bridgehead atoms. The predicted molar refractivity (Wildman–Crippen MR) is 104 cm³/mol. The molecule has 1 aliphatic heterocycles. The summed E-state index contributed by atoms with van der Waals surface area (Å²) in [6.07, 6.45) is 16.0. The molecule has 0 saturated heterocycles. The monoisotopic (exact) mass is 354 g/mol. The number of aliphatic hydroxyl groups excluding tert-OH is 1. The first-order chi connectivity index (χ1) is 12.7. The molecule has 0 radical (unpaired) electrons. The minimum Gasteiger partial charge on any atom is -0.389 e. The summed E-state index contributed by atoms with van der Waals surface area (Å²) in [5.74, 6) is -0.283. The SMILES string of the molecule is CCCNC[C@@H](O)C(c1cccc(F)c1)N1C=CC2=CC1/C=C\C/C=C\2. The van der Waals surface area contributed by atoms with Crippen molar-refractivity contribution >= 4 is 0 Å². The van der Waals surface area contributed by atoms with Crippen molar-refractivity contribution in [3.05, 3.63) is 83.9 Å². The zero-order valence-electron chi connectivity index (χ0n) is 15.2. The number of hydrogen-bond acceptors (Lipinski definition) is 3. The maximum atomic E-state index is 13.9. The highest BCUT2D eigenvalue weighted by Crippen LogP contribution is 2.31. The van der Waals surface area contributed by atoms with Crippen LogP contribution in [-0.2, 0) is 0 Å². The van der Waals surface area contributed by atoms with Crippen molar-refractivity contribution in [3.63, 3.8) is 0 Å². The molecule has 0 aromatic heterocycles. The molecule has 3 nitrogen and oxygen atoms in total. The molecule has 1 aliphatic carbocycles. The Morgan fingerprint density at radius 1 is 1.31 bits per heavy atom. The molecule has 4 heteroatoms. The fraction of sp³-hybridized carbons (Fsp3) is 0.364. The van der Waals surface area contributed by atoms with Gasteiger partial charge in [-0.2, -0.15) is 0 Å². The lowest BCUT2D eigenvalue weighted by molar-refractivity contribution is 0.0674. The van der Waals surface area contributed by atoms with Gasteiger partial charge in [0.25, 0.3) is 0 Å². The van der Waals surface area contributed by atoms with Crippen LogP contribution in [0.4, 0.5) is 4.39 Å². The average molecular weight is 354 g/mol. The Morgan fingerprint density at radius 3 is 3.00 bits per heavy atom. The van der Waals surface area contributed by atoms with Crippen LogP contribution in [0.5, 0.6) is 0 Å². The Labute approximate surface area is 155 Å². The first-order valence-corrected chi connectivity index (χ1v) is 9.34. The topological polar surface area (TPSA) is 35.5 Å². The van der Waals surface area contributed by atoms with Crippen molar-refractivity contribution < 1.29 is 9.50 Å². The smallest absolute Gasteiger partial charge is 0.123 e. The van der Waals surface area contributed by atoms with Gasteiger partial charge in [0.05, 0.1) is 18.2 Å². The highest BCUT2D eigenvalue weighted by Gasteiger charge is 2.30. The van der Waals surface area contributed by atoms with E-state index >= 15 is 0 Å². The molecule has 0 spiro atoms. The second kappa shape index (κ2) is 8.97. The number of halogens is 1. The quantitative estimate of drug-likeness (QED) is 0.576. The molecule has 2 unspecified atom stereocenters. The summed E-state index contributed by atoms with van der Waals surface area (Å²) in [6, 6.07) is 6.25. The number of fused-ring (bicyclic) bond motifs is 1. The van der Waals surface area contributed by atoms with E-state index in [4.69, 9.17) is 0 Å². The number of nitrogens with zero attached hydrogens (tertiary/aromatic N) is 1. The number of benzene rings is 1. The number of hydrogen-bond donors (Lipinski definition) is 2. The van der Waals surface area contributed by atoms with Gasteiger partial charge in [-0.25, -0.2) is 4.39 Å². The summed E-state index contributed by atoms with van der Waals surface area (Å²) < 4.78 is 13.9.